The van der Waals surface area contributed by atoms with Crippen LogP contribution >= 0.6 is 0 Å². The van der Waals surface area contributed by atoms with E-state index in [1.54, 1.807) is 67.4 Å². The van der Waals surface area contributed by atoms with Crippen molar-refractivity contribution >= 4 is 40.5 Å². The predicted molar refractivity (Wildman–Crippen MR) is 184 cm³/mol. The third-order valence-electron chi connectivity index (χ3n) is 6.98. The fourth-order valence-corrected chi connectivity index (χ4v) is 4.43. The van der Waals surface area contributed by atoms with Crippen molar-refractivity contribution in [3.05, 3.63) is 102 Å². The number of carbonyl (C=O) groups is 3. The Bertz CT molecular complexity index is 1650. The second-order valence-electron chi connectivity index (χ2n) is 11.0. The highest BCUT2D eigenvalue weighted by molar-refractivity contribution is 6.00. The number of nitrogens with zero attached hydrogens (tertiary/aromatic N) is 3. The van der Waals surface area contributed by atoms with Crippen LogP contribution in [0.3, 0.4) is 0 Å². The molecule has 3 aromatic rings. The summed E-state index contributed by atoms with van der Waals surface area (Å²) in [4.78, 5) is 39.4. The Morgan fingerprint density at radius 2 is 1.74 bits per heavy atom. The van der Waals surface area contributed by atoms with E-state index in [1.165, 1.54) is 32.7 Å². The molecule has 11 heteroatoms. The molecule has 3 N–H and O–H groups in total. The van der Waals surface area contributed by atoms with E-state index < -0.39 is 5.91 Å². The largest absolute Gasteiger partial charge is 0.494 e. The van der Waals surface area contributed by atoms with Crippen LogP contribution in [-0.4, -0.2) is 54.0 Å². The number of nitrogens with one attached hydrogen (secondary N) is 3. The van der Waals surface area contributed by atoms with Gasteiger partial charge in [0.15, 0.2) is 11.5 Å². The van der Waals surface area contributed by atoms with Gasteiger partial charge in [-0.05, 0) is 49.1 Å². The summed E-state index contributed by atoms with van der Waals surface area (Å²) in [7, 11) is 4.69. The minimum absolute atomic E-state index is 0.0316. The lowest BCUT2D eigenvalue weighted by Gasteiger charge is -2.18. The van der Waals surface area contributed by atoms with E-state index in [0.29, 0.717) is 40.4 Å². The summed E-state index contributed by atoms with van der Waals surface area (Å²) in [5.74, 6) is -0.481. The maximum Gasteiger partial charge on any atom is 0.273 e. The number of aromatic nitrogens is 2. The van der Waals surface area contributed by atoms with Gasteiger partial charge in [-0.1, -0.05) is 69.3 Å². The van der Waals surface area contributed by atoms with Crippen molar-refractivity contribution in [2.45, 2.75) is 46.6 Å². The van der Waals surface area contributed by atoms with Gasteiger partial charge in [0.1, 0.15) is 11.6 Å². The Hall–Kier alpha value is -5.32. The van der Waals surface area contributed by atoms with Gasteiger partial charge in [-0.3, -0.25) is 14.4 Å². The van der Waals surface area contributed by atoms with Crippen LogP contribution in [0.5, 0.6) is 5.75 Å². The average Bonchev–Trinajstić information content (AvgIpc) is 3.92. The monoisotopic (exact) mass is 642 g/mol. The third-order valence-corrected chi connectivity index (χ3v) is 6.98. The van der Waals surface area contributed by atoms with Gasteiger partial charge in [0.05, 0.1) is 18.5 Å². The number of carbonyl (C=O) groups excluding carboxylic acids is 3. The van der Waals surface area contributed by atoms with E-state index in [2.05, 4.69) is 46.6 Å². The van der Waals surface area contributed by atoms with Gasteiger partial charge >= 0.3 is 0 Å². The molecule has 248 valence electrons. The quantitative estimate of drug-likeness (QED) is 0.149. The first kappa shape index (κ1) is 36.2. The summed E-state index contributed by atoms with van der Waals surface area (Å²) >= 11 is 0. The lowest BCUT2D eigenvalue weighted by Crippen LogP contribution is -2.26. The second kappa shape index (κ2) is 17.4. The molecule has 1 fully saturated rings. The topological polar surface area (TPSA) is 126 Å². The van der Waals surface area contributed by atoms with Gasteiger partial charge in [0.25, 0.3) is 5.91 Å². The first-order valence-corrected chi connectivity index (χ1v) is 15.4. The summed E-state index contributed by atoms with van der Waals surface area (Å²) in [6.45, 7) is 10.2. The fraction of sp³-hybridized carbons (Fsp3) is 0.306. The van der Waals surface area contributed by atoms with E-state index in [-0.39, 0.29) is 35.1 Å². The summed E-state index contributed by atoms with van der Waals surface area (Å²) < 4.78 is 19.0. The predicted octanol–water partition coefficient (Wildman–Crippen LogP) is 6.67. The Balaban J connectivity index is 0.00000192. The summed E-state index contributed by atoms with van der Waals surface area (Å²) in [5, 5.41) is 16.6. The van der Waals surface area contributed by atoms with Crippen molar-refractivity contribution in [3.63, 3.8) is 0 Å². The Morgan fingerprint density at radius 1 is 1.06 bits per heavy atom. The minimum Gasteiger partial charge on any atom is -0.494 e. The second-order valence-corrected chi connectivity index (χ2v) is 11.0. The molecule has 10 nitrogen and oxygen atoms in total. The third kappa shape index (κ3) is 10.1. The Morgan fingerprint density at radius 3 is 2.34 bits per heavy atom. The summed E-state index contributed by atoms with van der Waals surface area (Å²) in [5.41, 5.74) is 3.52. The van der Waals surface area contributed by atoms with Gasteiger partial charge in [0.2, 0.25) is 11.8 Å². The van der Waals surface area contributed by atoms with Gasteiger partial charge in [0, 0.05) is 43.8 Å². The van der Waals surface area contributed by atoms with Crippen LogP contribution in [0.1, 0.15) is 61.6 Å². The molecule has 0 spiro atoms. The van der Waals surface area contributed by atoms with E-state index in [4.69, 9.17) is 4.74 Å². The molecule has 0 radical (unpaired) electrons. The van der Waals surface area contributed by atoms with Crippen LogP contribution in [-0.2, 0) is 16.1 Å². The molecule has 2 aromatic carbocycles. The molecule has 1 aliphatic carbocycles. The maximum absolute atomic E-state index is 13.2. The van der Waals surface area contributed by atoms with Crippen LogP contribution in [0, 0.1) is 11.7 Å². The van der Waals surface area contributed by atoms with Crippen LogP contribution in [0.15, 0.2) is 78.9 Å². The molecule has 0 atom stereocenters. The van der Waals surface area contributed by atoms with Gasteiger partial charge < -0.3 is 25.6 Å². The van der Waals surface area contributed by atoms with Crippen molar-refractivity contribution in [2.24, 2.45) is 5.92 Å². The average molecular weight is 643 g/mol. The number of anilines is 3. The number of allylic oxidation sites excluding steroid dienone is 4. The normalized spacial score (nSPS) is 12.7. The number of likely N-dealkylation sites (N-methyl/N-ethyl adjacent to an activating group) is 1. The number of hydrogen-bond acceptors (Lipinski definition) is 7. The number of hydrogen-bond donors (Lipinski definition) is 3. The fourth-order valence-electron chi connectivity index (χ4n) is 4.43. The van der Waals surface area contributed by atoms with Crippen molar-refractivity contribution < 1.29 is 23.5 Å². The van der Waals surface area contributed by atoms with Gasteiger partial charge in [-0.25, -0.2) is 4.39 Å². The van der Waals surface area contributed by atoms with Crippen LogP contribution in [0.25, 0.3) is 5.57 Å². The number of para-hydroxylation sites is 1. The molecule has 47 heavy (non-hydrogen) atoms. The molecule has 1 aliphatic rings. The van der Waals surface area contributed by atoms with Crippen molar-refractivity contribution in [3.8, 4) is 5.75 Å². The number of benzene rings is 2. The lowest BCUT2D eigenvalue weighted by molar-refractivity contribution is -0.126. The zero-order valence-electron chi connectivity index (χ0n) is 27.8. The van der Waals surface area contributed by atoms with E-state index in [1.807, 2.05) is 6.07 Å². The molecule has 0 saturated heterocycles. The molecule has 1 aromatic heterocycles. The molecule has 0 aliphatic heterocycles. The first-order chi connectivity index (χ1) is 22.6. The van der Waals surface area contributed by atoms with E-state index in [9.17, 15) is 18.8 Å². The first-order valence-electron chi connectivity index (χ1n) is 15.4. The number of halogens is 1. The van der Waals surface area contributed by atoms with Crippen molar-refractivity contribution in [1.29, 1.82) is 0 Å². The molecule has 1 saturated carbocycles. The number of rotatable bonds is 12. The zero-order valence-corrected chi connectivity index (χ0v) is 27.8. The lowest BCUT2D eigenvalue weighted by atomic mass is 10.0. The smallest absolute Gasteiger partial charge is 0.273 e. The van der Waals surface area contributed by atoms with Crippen LogP contribution < -0.4 is 20.7 Å². The maximum atomic E-state index is 13.2. The minimum atomic E-state index is -0.462. The molecule has 0 bridgehead atoms. The van der Waals surface area contributed by atoms with Crippen LogP contribution in [0.2, 0.25) is 0 Å². The summed E-state index contributed by atoms with van der Waals surface area (Å²) in [6, 6.07) is 13.0. The molecular weight excluding hydrogens is 599 g/mol. The van der Waals surface area contributed by atoms with Crippen LogP contribution in [0.4, 0.5) is 21.6 Å². The van der Waals surface area contributed by atoms with Crippen molar-refractivity contribution in [2.75, 3.05) is 31.8 Å². The van der Waals surface area contributed by atoms with E-state index >= 15 is 0 Å². The Kier molecular flexibility index (Phi) is 13.4. The van der Waals surface area contributed by atoms with Gasteiger partial charge in [-0.2, -0.15) is 0 Å². The SMILES string of the molecule is C=C/C(=C\C=C(/C)C(=O)N(C)Cc1ccc(F)cc1)c1cccc(Nc2cc(NC(=O)C3CC3)nnc2C(=O)NC)c1OC.CCC. The van der Waals surface area contributed by atoms with Crippen molar-refractivity contribution in [1.82, 2.24) is 20.4 Å². The Labute approximate surface area is 275 Å². The highest BCUT2D eigenvalue weighted by Crippen LogP contribution is 2.37. The molecule has 3 amide bonds. The summed E-state index contributed by atoms with van der Waals surface area (Å²) in [6.07, 6.45) is 8.03. The van der Waals surface area contributed by atoms with E-state index in [0.717, 1.165) is 18.4 Å². The molecule has 4 rings (SSSR count). The standard InChI is InChI=1S/C33H35FN6O4.C3H8/c1-6-22(13-10-20(2)33(43)40(4)19-21-11-16-24(34)17-12-21)25-8-7-9-26(30(25)44-5)36-27-18-28(37-31(41)23-14-15-23)38-39-29(27)32(42)35-3;1-3-2/h6-13,16-18,23H,1,14-15,19H2,2-5H3,(H,35,42)(H2,36,37,38,41);3H2,1-2H3/b20-10+,22-13+;. The highest BCUT2D eigenvalue weighted by Gasteiger charge is 2.30. The number of methoxy groups -OCH3 is 1. The molecule has 1 heterocycles. The zero-order chi connectivity index (χ0) is 34.5. The molecular formula is C36H43FN6O4. The number of amides is 3. The molecule has 0 unspecified atom stereocenters. The highest BCUT2D eigenvalue weighted by atomic mass is 19.1. The van der Waals surface area contributed by atoms with Gasteiger partial charge in [-0.15, -0.1) is 10.2 Å². The number of ether oxygens (including phenoxy) is 1.